The van der Waals surface area contributed by atoms with E-state index in [9.17, 15) is 0 Å². The van der Waals surface area contributed by atoms with Crippen LogP contribution in [0.4, 0.5) is 0 Å². The van der Waals surface area contributed by atoms with Crippen molar-refractivity contribution < 1.29 is 9.30 Å². The predicted molar refractivity (Wildman–Crippen MR) is 95.4 cm³/mol. The zero-order valence-corrected chi connectivity index (χ0v) is 13.9. The molecule has 2 aromatic carbocycles. The van der Waals surface area contributed by atoms with Gasteiger partial charge in [0.1, 0.15) is 18.5 Å². The molecule has 1 aliphatic rings. The van der Waals surface area contributed by atoms with E-state index in [1.807, 2.05) is 24.4 Å². The maximum atomic E-state index is 6.37. The van der Waals surface area contributed by atoms with Gasteiger partial charge >= 0.3 is 0 Å². The van der Waals surface area contributed by atoms with Crippen LogP contribution >= 0.6 is 0 Å². The first-order chi connectivity index (χ1) is 11.7. The predicted octanol–water partition coefficient (Wildman–Crippen LogP) is 4.60. The topological polar surface area (TPSA) is 26.0 Å². The molecule has 0 saturated heterocycles. The highest BCUT2D eigenvalue weighted by atomic mass is 16.5. The molecule has 3 nitrogen and oxygen atoms in total. The molecular formula is C21H17N2O+. The highest BCUT2D eigenvalue weighted by Gasteiger charge is 2.31. The number of nitrogens with zero attached hydrogens (tertiary/aromatic N) is 2. The second-order valence-electron chi connectivity index (χ2n) is 6.45. The molecule has 5 rings (SSSR count). The standard InChI is InChI=1S/C21H17N2O/c1-12-15-7-5-10-22-19(15)13(2)21-17(12)20-18-14(9-11-23(20)3)6-4-8-16(18)24-21/h4-11H,1-3H3/q+1. The summed E-state index contributed by atoms with van der Waals surface area (Å²) < 4.78 is 8.57. The van der Waals surface area contributed by atoms with Gasteiger partial charge in [0.05, 0.1) is 16.5 Å². The van der Waals surface area contributed by atoms with Gasteiger partial charge in [0.2, 0.25) is 5.69 Å². The van der Waals surface area contributed by atoms with Crippen LogP contribution in [0.1, 0.15) is 11.1 Å². The smallest absolute Gasteiger partial charge is 0.228 e. The van der Waals surface area contributed by atoms with Crippen LogP contribution in [-0.2, 0) is 7.05 Å². The Morgan fingerprint density at radius 1 is 1.00 bits per heavy atom. The fourth-order valence-electron chi connectivity index (χ4n) is 3.90. The number of fused-ring (bicyclic) bond motifs is 3. The van der Waals surface area contributed by atoms with Gasteiger partial charge in [0, 0.05) is 23.2 Å². The number of ether oxygens (including phenoxy) is 1. The van der Waals surface area contributed by atoms with Crippen LogP contribution in [0, 0.1) is 13.8 Å². The van der Waals surface area contributed by atoms with Crippen LogP contribution in [0.25, 0.3) is 32.9 Å². The molecule has 0 unspecified atom stereocenters. The fraction of sp³-hybridized carbons (Fsp3) is 0.143. The van der Waals surface area contributed by atoms with E-state index in [0.29, 0.717) is 0 Å². The van der Waals surface area contributed by atoms with E-state index >= 15 is 0 Å². The van der Waals surface area contributed by atoms with Crippen molar-refractivity contribution in [3.63, 3.8) is 0 Å². The van der Waals surface area contributed by atoms with E-state index in [-0.39, 0.29) is 0 Å². The molecule has 0 saturated carbocycles. The lowest BCUT2D eigenvalue weighted by atomic mass is 9.91. The molecule has 0 N–H and O–H groups in total. The summed E-state index contributed by atoms with van der Waals surface area (Å²) in [4.78, 5) is 4.59. The molecule has 0 radical (unpaired) electrons. The number of aryl methyl sites for hydroxylation is 3. The van der Waals surface area contributed by atoms with E-state index in [0.717, 1.165) is 22.6 Å². The lowest BCUT2D eigenvalue weighted by molar-refractivity contribution is -0.659. The van der Waals surface area contributed by atoms with Crippen molar-refractivity contribution in [3.8, 4) is 22.8 Å². The molecule has 1 aliphatic heterocycles. The molecule has 2 aromatic heterocycles. The van der Waals surface area contributed by atoms with Gasteiger partial charge in [-0.2, -0.15) is 0 Å². The van der Waals surface area contributed by atoms with Gasteiger partial charge in [0.15, 0.2) is 6.20 Å². The zero-order valence-electron chi connectivity index (χ0n) is 13.9. The minimum Gasteiger partial charge on any atom is -0.455 e. The molecule has 24 heavy (non-hydrogen) atoms. The third-order valence-electron chi connectivity index (χ3n) is 5.08. The number of hydrogen-bond donors (Lipinski definition) is 0. The lowest BCUT2D eigenvalue weighted by Crippen LogP contribution is -2.32. The van der Waals surface area contributed by atoms with E-state index in [4.69, 9.17) is 4.74 Å². The maximum Gasteiger partial charge on any atom is 0.228 e. The van der Waals surface area contributed by atoms with Gasteiger partial charge < -0.3 is 4.74 Å². The van der Waals surface area contributed by atoms with Gasteiger partial charge in [-0.3, -0.25) is 4.98 Å². The minimum atomic E-state index is 0.920. The Kier molecular flexibility index (Phi) is 2.55. The van der Waals surface area contributed by atoms with Gasteiger partial charge in [-0.1, -0.05) is 18.2 Å². The molecule has 0 fully saturated rings. The molecule has 0 atom stereocenters. The van der Waals surface area contributed by atoms with Crippen molar-refractivity contribution in [3.05, 3.63) is 59.9 Å². The number of pyridine rings is 2. The lowest BCUT2D eigenvalue weighted by Gasteiger charge is -2.23. The van der Waals surface area contributed by atoms with Crippen LogP contribution in [-0.4, -0.2) is 4.98 Å². The van der Waals surface area contributed by atoms with E-state index in [1.54, 1.807) is 0 Å². The molecule has 4 aromatic rings. The Hall–Kier alpha value is -2.94. The van der Waals surface area contributed by atoms with Crippen LogP contribution in [0.2, 0.25) is 0 Å². The van der Waals surface area contributed by atoms with Gasteiger partial charge in [-0.05, 0) is 36.9 Å². The van der Waals surface area contributed by atoms with E-state index in [2.05, 4.69) is 54.8 Å². The first kappa shape index (κ1) is 13.5. The number of hydrogen-bond acceptors (Lipinski definition) is 2. The summed E-state index contributed by atoms with van der Waals surface area (Å²) in [5, 5.41) is 3.57. The summed E-state index contributed by atoms with van der Waals surface area (Å²) in [7, 11) is 2.10. The highest BCUT2D eigenvalue weighted by Crippen LogP contribution is 2.49. The number of aromatic nitrogens is 2. The minimum absolute atomic E-state index is 0.920. The van der Waals surface area contributed by atoms with Crippen LogP contribution in [0.15, 0.2) is 48.8 Å². The van der Waals surface area contributed by atoms with Crippen LogP contribution in [0.3, 0.4) is 0 Å². The second-order valence-corrected chi connectivity index (χ2v) is 6.45. The Balaban J connectivity index is 2.06. The third kappa shape index (κ3) is 1.56. The molecule has 0 spiro atoms. The van der Waals surface area contributed by atoms with Crippen molar-refractivity contribution in [1.82, 2.24) is 4.98 Å². The Labute approximate surface area is 140 Å². The average Bonchev–Trinajstić information content (AvgIpc) is 2.62. The summed E-state index contributed by atoms with van der Waals surface area (Å²) in [5.41, 5.74) is 5.73. The van der Waals surface area contributed by atoms with Crippen molar-refractivity contribution in [2.24, 2.45) is 7.05 Å². The van der Waals surface area contributed by atoms with Crippen molar-refractivity contribution in [2.45, 2.75) is 13.8 Å². The SMILES string of the molecule is Cc1c2c(c(C)c3ncccc13)Oc1cccc3cc[n+](C)c-2c13. The highest BCUT2D eigenvalue weighted by molar-refractivity contribution is 6.05. The van der Waals surface area contributed by atoms with Crippen LogP contribution in [0.5, 0.6) is 11.5 Å². The molecule has 3 heteroatoms. The van der Waals surface area contributed by atoms with E-state index < -0.39 is 0 Å². The van der Waals surface area contributed by atoms with Gasteiger partial charge in [-0.15, -0.1) is 0 Å². The molecule has 3 heterocycles. The first-order valence-corrected chi connectivity index (χ1v) is 8.14. The van der Waals surface area contributed by atoms with Crippen molar-refractivity contribution in [1.29, 1.82) is 0 Å². The second kappa shape index (κ2) is 4.54. The summed E-state index contributed by atoms with van der Waals surface area (Å²) in [6, 6.07) is 12.5. The average molecular weight is 313 g/mol. The number of benzene rings is 2. The van der Waals surface area contributed by atoms with E-state index in [1.165, 1.54) is 33.0 Å². The molecular weight excluding hydrogens is 296 g/mol. The molecule has 116 valence electrons. The third-order valence-corrected chi connectivity index (χ3v) is 5.08. The molecule has 0 bridgehead atoms. The van der Waals surface area contributed by atoms with Gasteiger partial charge in [0.25, 0.3) is 0 Å². The normalized spacial score (nSPS) is 12.3. The first-order valence-electron chi connectivity index (χ1n) is 8.14. The van der Waals surface area contributed by atoms with Crippen LogP contribution < -0.4 is 9.30 Å². The molecule has 0 aliphatic carbocycles. The monoisotopic (exact) mass is 313 g/mol. The summed E-state index contributed by atoms with van der Waals surface area (Å²) in [5.74, 6) is 1.85. The Morgan fingerprint density at radius 3 is 2.75 bits per heavy atom. The van der Waals surface area contributed by atoms with Gasteiger partial charge in [-0.25, -0.2) is 4.57 Å². The van der Waals surface area contributed by atoms with Crippen molar-refractivity contribution in [2.75, 3.05) is 0 Å². The summed E-state index contributed by atoms with van der Waals surface area (Å²) in [6.45, 7) is 4.26. The fourth-order valence-corrected chi connectivity index (χ4v) is 3.90. The summed E-state index contributed by atoms with van der Waals surface area (Å²) >= 11 is 0. The molecule has 0 amide bonds. The Morgan fingerprint density at radius 2 is 1.88 bits per heavy atom. The zero-order chi connectivity index (χ0) is 16.4. The summed E-state index contributed by atoms with van der Waals surface area (Å²) in [6.07, 6.45) is 3.97. The maximum absolute atomic E-state index is 6.37. The quantitative estimate of drug-likeness (QED) is 0.390. The Bertz CT molecular complexity index is 1160. The largest absolute Gasteiger partial charge is 0.455 e. The number of rotatable bonds is 0. The van der Waals surface area contributed by atoms with Crippen molar-refractivity contribution >= 4 is 21.7 Å².